The van der Waals surface area contributed by atoms with Crippen molar-refractivity contribution in [3.05, 3.63) is 23.5 Å². The number of rotatable bonds is 3. The number of hydrogen-bond donors (Lipinski definition) is 1. The predicted octanol–water partition coefficient (Wildman–Crippen LogP) is 2.38. The van der Waals surface area contributed by atoms with Crippen LogP contribution in [-0.4, -0.2) is 35.1 Å². The van der Waals surface area contributed by atoms with Gasteiger partial charge in [0.2, 0.25) is 0 Å². The highest BCUT2D eigenvalue weighted by atomic mass is 35.5. The van der Waals surface area contributed by atoms with Gasteiger partial charge >= 0.3 is 0 Å². The fourth-order valence-electron chi connectivity index (χ4n) is 2.37. The smallest absolute Gasteiger partial charge is 0.129 e. The van der Waals surface area contributed by atoms with Crippen LogP contribution in [-0.2, 0) is 0 Å². The predicted molar refractivity (Wildman–Crippen MR) is 65.9 cm³/mol. The van der Waals surface area contributed by atoms with Gasteiger partial charge in [0.05, 0.1) is 11.9 Å². The first-order valence-electron chi connectivity index (χ1n) is 5.93. The van der Waals surface area contributed by atoms with Crippen LogP contribution in [0.2, 0.25) is 5.15 Å². The Labute approximate surface area is 101 Å². The molecule has 1 unspecified atom stereocenters. The maximum absolute atomic E-state index is 5.75. The molecule has 3 rings (SSSR count). The number of aromatic nitrogens is 1. The molecule has 1 aliphatic carbocycles. The molecule has 2 fully saturated rings. The Morgan fingerprint density at radius 3 is 2.88 bits per heavy atom. The Kier molecular flexibility index (Phi) is 2.74. The van der Waals surface area contributed by atoms with E-state index >= 15 is 0 Å². The fraction of sp³-hybridized carbons (Fsp3) is 0.583. The Morgan fingerprint density at radius 1 is 1.31 bits per heavy atom. The van der Waals surface area contributed by atoms with Gasteiger partial charge in [-0.15, -0.1) is 0 Å². The van der Waals surface area contributed by atoms with Crippen molar-refractivity contribution >= 4 is 17.3 Å². The lowest BCUT2D eigenvalue weighted by Crippen LogP contribution is -2.27. The van der Waals surface area contributed by atoms with Crippen LogP contribution in [0, 0.1) is 0 Å². The highest BCUT2D eigenvalue weighted by molar-refractivity contribution is 6.29. The van der Waals surface area contributed by atoms with Crippen LogP contribution in [0.5, 0.6) is 0 Å². The van der Waals surface area contributed by atoms with E-state index in [1.807, 2.05) is 18.3 Å². The number of nitrogens with zero attached hydrogens (tertiary/aromatic N) is 2. The summed E-state index contributed by atoms with van der Waals surface area (Å²) < 4.78 is 0. The lowest BCUT2D eigenvalue weighted by Gasteiger charge is -2.16. The van der Waals surface area contributed by atoms with E-state index in [2.05, 4.69) is 15.2 Å². The van der Waals surface area contributed by atoms with Crippen LogP contribution in [0.1, 0.15) is 19.3 Å². The van der Waals surface area contributed by atoms with Gasteiger partial charge in [0.25, 0.3) is 0 Å². The third kappa shape index (κ3) is 2.30. The minimum absolute atomic E-state index is 0.552. The van der Waals surface area contributed by atoms with Gasteiger partial charge in [-0.05, 0) is 31.4 Å². The SMILES string of the molecule is Clc1ccc(NC2CCN(C3CC3)C2)cn1. The molecule has 4 heteroatoms. The van der Waals surface area contributed by atoms with Crippen molar-refractivity contribution in [2.75, 3.05) is 18.4 Å². The Balaban J connectivity index is 1.57. The molecular weight excluding hydrogens is 222 g/mol. The zero-order valence-electron chi connectivity index (χ0n) is 9.19. The van der Waals surface area contributed by atoms with Gasteiger partial charge in [-0.1, -0.05) is 11.6 Å². The quantitative estimate of drug-likeness (QED) is 0.819. The Morgan fingerprint density at radius 2 is 2.19 bits per heavy atom. The second-order valence-electron chi connectivity index (χ2n) is 4.73. The van der Waals surface area contributed by atoms with E-state index in [0.29, 0.717) is 11.2 Å². The van der Waals surface area contributed by atoms with E-state index in [-0.39, 0.29) is 0 Å². The zero-order chi connectivity index (χ0) is 11.0. The first kappa shape index (κ1) is 10.4. The van der Waals surface area contributed by atoms with Gasteiger partial charge in [-0.2, -0.15) is 0 Å². The molecule has 2 heterocycles. The maximum atomic E-state index is 5.75. The summed E-state index contributed by atoms with van der Waals surface area (Å²) >= 11 is 5.75. The van der Waals surface area contributed by atoms with Crippen LogP contribution in [0.3, 0.4) is 0 Å². The third-order valence-electron chi connectivity index (χ3n) is 3.38. The molecule has 86 valence electrons. The first-order valence-corrected chi connectivity index (χ1v) is 6.31. The van der Waals surface area contributed by atoms with Gasteiger partial charge in [0, 0.05) is 25.2 Å². The summed E-state index contributed by atoms with van der Waals surface area (Å²) in [6, 6.07) is 5.28. The highest BCUT2D eigenvalue weighted by Gasteiger charge is 2.34. The van der Waals surface area contributed by atoms with E-state index in [1.54, 1.807) is 0 Å². The molecule has 0 spiro atoms. The van der Waals surface area contributed by atoms with Gasteiger partial charge in [0.1, 0.15) is 5.15 Å². The molecule has 2 aliphatic rings. The van der Waals surface area contributed by atoms with E-state index in [4.69, 9.17) is 11.6 Å². The monoisotopic (exact) mass is 237 g/mol. The van der Waals surface area contributed by atoms with Gasteiger partial charge in [-0.25, -0.2) is 4.98 Å². The number of pyridine rings is 1. The van der Waals surface area contributed by atoms with E-state index in [1.165, 1.54) is 32.4 Å². The molecule has 1 atom stereocenters. The van der Waals surface area contributed by atoms with E-state index < -0.39 is 0 Å². The maximum Gasteiger partial charge on any atom is 0.129 e. The summed E-state index contributed by atoms with van der Waals surface area (Å²) in [7, 11) is 0. The van der Waals surface area contributed by atoms with Gasteiger partial charge in [0.15, 0.2) is 0 Å². The van der Waals surface area contributed by atoms with Crippen molar-refractivity contribution in [1.29, 1.82) is 0 Å². The molecular formula is C12H16ClN3. The molecule has 1 aromatic rings. The second-order valence-corrected chi connectivity index (χ2v) is 5.11. The standard InChI is InChI=1S/C12H16ClN3/c13-12-4-1-9(7-14-12)15-10-5-6-16(8-10)11-2-3-11/h1,4,7,10-11,15H,2-3,5-6,8H2. The highest BCUT2D eigenvalue weighted by Crippen LogP contribution is 2.30. The number of anilines is 1. The van der Waals surface area contributed by atoms with Crippen molar-refractivity contribution in [2.24, 2.45) is 0 Å². The van der Waals surface area contributed by atoms with Crippen LogP contribution >= 0.6 is 11.6 Å². The topological polar surface area (TPSA) is 28.2 Å². The molecule has 1 saturated heterocycles. The van der Waals surface area contributed by atoms with Crippen molar-refractivity contribution in [3.8, 4) is 0 Å². The molecule has 16 heavy (non-hydrogen) atoms. The van der Waals surface area contributed by atoms with Crippen LogP contribution < -0.4 is 5.32 Å². The van der Waals surface area contributed by atoms with Gasteiger partial charge < -0.3 is 5.32 Å². The average Bonchev–Trinajstić information content (AvgIpc) is 3.04. The van der Waals surface area contributed by atoms with E-state index in [0.717, 1.165) is 11.7 Å². The minimum atomic E-state index is 0.552. The molecule has 1 aromatic heterocycles. The number of likely N-dealkylation sites (tertiary alicyclic amines) is 1. The zero-order valence-corrected chi connectivity index (χ0v) is 9.95. The fourth-order valence-corrected chi connectivity index (χ4v) is 2.49. The molecule has 3 nitrogen and oxygen atoms in total. The molecule has 0 amide bonds. The molecule has 0 radical (unpaired) electrons. The number of halogens is 1. The summed E-state index contributed by atoms with van der Waals surface area (Å²) in [6.45, 7) is 2.41. The van der Waals surface area contributed by atoms with Crippen molar-refractivity contribution in [1.82, 2.24) is 9.88 Å². The average molecular weight is 238 g/mol. The molecule has 1 N–H and O–H groups in total. The minimum Gasteiger partial charge on any atom is -0.380 e. The summed E-state index contributed by atoms with van der Waals surface area (Å²) in [6.07, 6.45) is 5.84. The van der Waals surface area contributed by atoms with Crippen molar-refractivity contribution in [2.45, 2.75) is 31.3 Å². The lowest BCUT2D eigenvalue weighted by molar-refractivity contribution is 0.326. The molecule has 1 saturated carbocycles. The van der Waals surface area contributed by atoms with Gasteiger partial charge in [-0.3, -0.25) is 4.90 Å². The van der Waals surface area contributed by atoms with E-state index in [9.17, 15) is 0 Å². The van der Waals surface area contributed by atoms with Crippen LogP contribution in [0.4, 0.5) is 5.69 Å². The molecule has 0 aromatic carbocycles. The Hall–Kier alpha value is -0.800. The summed E-state index contributed by atoms with van der Waals surface area (Å²) in [4.78, 5) is 6.68. The first-order chi connectivity index (χ1) is 7.81. The van der Waals surface area contributed by atoms with Crippen LogP contribution in [0.15, 0.2) is 18.3 Å². The molecule has 1 aliphatic heterocycles. The van der Waals surface area contributed by atoms with Crippen molar-refractivity contribution in [3.63, 3.8) is 0 Å². The summed E-state index contributed by atoms with van der Waals surface area (Å²) in [5.41, 5.74) is 1.08. The summed E-state index contributed by atoms with van der Waals surface area (Å²) in [5.74, 6) is 0. The largest absolute Gasteiger partial charge is 0.380 e. The number of hydrogen-bond acceptors (Lipinski definition) is 3. The molecule has 0 bridgehead atoms. The number of nitrogens with one attached hydrogen (secondary N) is 1. The Bertz CT molecular complexity index is 361. The second kappa shape index (κ2) is 4.22. The summed E-state index contributed by atoms with van der Waals surface area (Å²) in [5, 5.41) is 4.07. The third-order valence-corrected chi connectivity index (χ3v) is 3.60. The normalized spacial score (nSPS) is 25.9. The lowest BCUT2D eigenvalue weighted by atomic mass is 10.2. The van der Waals surface area contributed by atoms with Crippen molar-refractivity contribution < 1.29 is 0 Å². The van der Waals surface area contributed by atoms with Crippen LogP contribution in [0.25, 0.3) is 0 Å².